The Bertz CT molecular complexity index is 622. The molecule has 0 spiro atoms. The third-order valence-corrected chi connectivity index (χ3v) is 4.23. The lowest BCUT2D eigenvalue weighted by Crippen LogP contribution is -2.27. The third-order valence-electron chi connectivity index (χ3n) is 2.49. The summed E-state index contributed by atoms with van der Waals surface area (Å²) in [5.74, 6) is 0. The lowest BCUT2D eigenvalue weighted by Gasteiger charge is -2.15. The molecule has 0 bridgehead atoms. The Kier molecular flexibility index (Phi) is 3.44. The van der Waals surface area contributed by atoms with Gasteiger partial charge in [-0.25, -0.2) is 8.42 Å². The maximum Gasteiger partial charge on any atom is 0.260 e. The molecule has 0 saturated heterocycles. The molecule has 96 valence electrons. The maximum absolute atomic E-state index is 12.1. The molecule has 0 aliphatic rings. The van der Waals surface area contributed by atoms with Crippen molar-refractivity contribution in [3.8, 4) is 0 Å². The first-order chi connectivity index (χ1) is 8.50. The van der Waals surface area contributed by atoms with E-state index < -0.39 is 10.0 Å². The zero-order chi connectivity index (χ0) is 13.2. The van der Waals surface area contributed by atoms with Crippen LogP contribution in [0.1, 0.15) is 11.4 Å². The molecule has 18 heavy (non-hydrogen) atoms. The summed E-state index contributed by atoms with van der Waals surface area (Å²) in [6, 6.07) is 6.95. The van der Waals surface area contributed by atoms with E-state index in [1.807, 2.05) is 19.1 Å². The van der Waals surface area contributed by atoms with Crippen molar-refractivity contribution < 1.29 is 8.42 Å². The number of H-pyrrole nitrogens is 1. The zero-order valence-corrected chi connectivity index (χ0v) is 11.0. The predicted octanol–water partition coefficient (Wildman–Crippen LogP) is 0.934. The summed E-state index contributed by atoms with van der Waals surface area (Å²) < 4.78 is 25.5. The fraction of sp³-hybridized carbons (Fsp3) is 0.273. The van der Waals surface area contributed by atoms with Crippen LogP contribution in [0.3, 0.4) is 0 Å². The predicted molar refractivity (Wildman–Crippen MR) is 66.2 cm³/mol. The van der Waals surface area contributed by atoms with Crippen LogP contribution in [0.15, 0.2) is 35.5 Å². The van der Waals surface area contributed by atoms with Crippen LogP contribution in [-0.2, 0) is 16.6 Å². The molecule has 6 nitrogen and oxygen atoms in total. The first-order valence-corrected chi connectivity index (χ1v) is 6.82. The Balaban J connectivity index is 2.20. The van der Waals surface area contributed by atoms with E-state index in [0.29, 0.717) is 5.69 Å². The molecule has 0 aliphatic carbocycles. The van der Waals surface area contributed by atoms with Gasteiger partial charge in [0.05, 0.1) is 18.4 Å². The highest BCUT2D eigenvalue weighted by Crippen LogP contribution is 2.13. The number of rotatable bonds is 4. The second-order valence-electron chi connectivity index (χ2n) is 3.95. The highest BCUT2D eigenvalue weighted by atomic mass is 32.2. The molecule has 2 heterocycles. The highest BCUT2D eigenvalue weighted by Gasteiger charge is 2.22. The van der Waals surface area contributed by atoms with Crippen LogP contribution in [0, 0.1) is 6.92 Å². The molecule has 0 aromatic carbocycles. The highest BCUT2D eigenvalue weighted by molar-refractivity contribution is 7.89. The summed E-state index contributed by atoms with van der Waals surface area (Å²) in [7, 11) is -2.02. The number of aromatic amines is 1. The second-order valence-corrected chi connectivity index (χ2v) is 5.97. The minimum Gasteiger partial charge on any atom is -0.266 e. The maximum atomic E-state index is 12.1. The van der Waals surface area contributed by atoms with Crippen LogP contribution >= 0.6 is 0 Å². The zero-order valence-electron chi connectivity index (χ0n) is 10.2. The van der Waals surface area contributed by atoms with Crippen LogP contribution < -0.4 is 0 Å². The summed E-state index contributed by atoms with van der Waals surface area (Å²) >= 11 is 0. The Morgan fingerprint density at radius 1 is 1.33 bits per heavy atom. The van der Waals surface area contributed by atoms with Crippen LogP contribution in [0.4, 0.5) is 0 Å². The first kappa shape index (κ1) is 12.7. The molecule has 0 radical (unpaired) electrons. The van der Waals surface area contributed by atoms with Gasteiger partial charge in [0.25, 0.3) is 10.0 Å². The summed E-state index contributed by atoms with van der Waals surface area (Å²) in [4.78, 5) is 4.28. The van der Waals surface area contributed by atoms with E-state index in [1.165, 1.54) is 23.6 Å². The van der Waals surface area contributed by atoms with Gasteiger partial charge in [0.15, 0.2) is 5.03 Å². The molecule has 0 unspecified atom stereocenters. The van der Waals surface area contributed by atoms with Crippen molar-refractivity contribution in [2.45, 2.75) is 18.5 Å². The van der Waals surface area contributed by atoms with Gasteiger partial charge in [0.2, 0.25) is 0 Å². The Morgan fingerprint density at radius 2 is 2.11 bits per heavy atom. The molecule has 0 atom stereocenters. The van der Waals surface area contributed by atoms with Crippen molar-refractivity contribution >= 4 is 10.0 Å². The van der Waals surface area contributed by atoms with Gasteiger partial charge in [0, 0.05) is 12.7 Å². The fourth-order valence-corrected chi connectivity index (χ4v) is 2.59. The van der Waals surface area contributed by atoms with Crippen LogP contribution in [0.2, 0.25) is 0 Å². The van der Waals surface area contributed by atoms with Crippen molar-refractivity contribution in [2.24, 2.45) is 0 Å². The number of hydrogen-bond acceptors (Lipinski definition) is 4. The largest absolute Gasteiger partial charge is 0.266 e. The number of sulfonamides is 1. The van der Waals surface area contributed by atoms with Gasteiger partial charge >= 0.3 is 0 Å². The number of pyridine rings is 1. The van der Waals surface area contributed by atoms with E-state index in [2.05, 4.69) is 15.2 Å². The molecular formula is C11H14N4O2S. The number of nitrogens with one attached hydrogen (secondary N) is 1. The van der Waals surface area contributed by atoms with Crippen LogP contribution in [0.25, 0.3) is 0 Å². The number of aryl methyl sites for hydroxylation is 1. The van der Waals surface area contributed by atoms with Crippen molar-refractivity contribution in [3.05, 3.63) is 41.9 Å². The average molecular weight is 266 g/mol. The second kappa shape index (κ2) is 4.87. The van der Waals surface area contributed by atoms with E-state index in [9.17, 15) is 8.42 Å². The SMILES string of the molecule is Cc1cccc(CN(C)S(=O)(=O)c2ccn[nH]2)n1. The van der Waals surface area contributed by atoms with Gasteiger partial charge in [-0.1, -0.05) is 6.07 Å². The van der Waals surface area contributed by atoms with E-state index in [1.54, 1.807) is 6.07 Å². The molecule has 7 heteroatoms. The van der Waals surface area contributed by atoms with Crippen molar-refractivity contribution in [1.29, 1.82) is 0 Å². The first-order valence-electron chi connectivity index (χ1n) is 5.38. The fourth-order valence-electron chi connectivity index (χ4n) is 1.56. The molecule has 2 aromatic heterocycles. The Hall–Kier alpha value is -1.73. The van der Waals surface area contributed by atoms with Crippen LogP contribution in [-0.4, -0.2) is 35.0 Å². The van der Waals surface area contributed by atoms with Gasteiger partial charge in [-0.15, -0.1) is 0 Å². The summed E-state index contributed by atoms with van der Waals surface area (Å²) in [5, 5.41) is 6.18. The normalized spacial score (nSPS) is 11.9. The van der Waals surface area contributed by atoms with Crippen molar-refractivity contribution in [3.63, 3.8) is 0 Å². The van der Waals surface area contributed by atoms with Gasteiger partial charge in [-0.2, -0.15) is 9.40 Å². The van der Waals surface area contributed by atoms with Crippen molar-refractivity contribution in [1.82, 2.24) is 19.5 Å². The molecule has 0 amide bonds. The van der Waals surface area contributed by atoms with E-state index in [4.69, 9.17) is 0 Å². The summed E-state index contributed by atoms with van der Waals surface area (Å²) in [5.41, 5.74) is 1.57. The average Bonchev–Trinajstić information content (AvgIpc) is 2.82. The standard InChI is InChI=1S/C11H14N4O2S/c1-9-4-3-5-10(13-9)8-15(2)18(16,17)11-6-7-12-14-11/h3-7H,8H2,1-2H3,(H,12,14). The summed E-state index contributed by atoms with van der Waals surface area (Å²) in [6.45, 7) is 2.09. The Morgan fingerprint density at radius 3 is 2.72 bits per heavy atom. The molecule has 1 N–H and O–H groups in total. The van der Waals surface area contributed by atoms with Gasteiger partial charge in [-0.3, -0.25) is 10.1 Å². The molecular weight excluding hydrogens is 252 g/mol. The third kappa shape index (κ3) is 2.57. The molecule has 0 aliphatic heterocycles. The Labute approximate surface area is 106 Å². The number of hydrogen-bond donors (Lipinski definition) is 1. The van der Waals surface area contributed by atoms with Crippen molar-refractivity contribution in [2.75, 3.05) is 7.05 Å². The molecule has 2 rings (SSSR count). The van der Waals surface area contributed by atoms with Gasteiger partial charge < -0.3 is 0 Å². The minimum absolute atomic E-state index is 0.0812. The topological polar surface area (TPSA) is 79.0 Å². The van der Waals surface area contributed by atoms with E-state index in [-0.39, 0.29) is 11.6 Å². The molecule has 0 fully saturated rings. The van der Waals surface area contributed by atoms with Gasteiger partial charge in [-0.05, 0) is 25.1 Å². The van der Waals surface area contributed by atoms with Gasteiger partial charge in [0.1, 0.15) is 0 Å². The molecule has 0 saturated carbocycles. The quantitative estimate of drug-likeness (QED) is 0.893. The number of aromatic nitrogens is 3. The smallest absolute Gasteiger partial charge is 0.260 e. The summed E-state index contributed by atoms with van der Waals surface area (Å²) in [6.07, 6.45) is 1.41. The monoisotopic (exact) mass is 266 g/mol. The van der Waals surface area contributed by atoms with E-state index >= 15 is 0 Å². The minimum atomic E-state index is -3.53. The lowest BCUT2D eigenvalue weighted by atomic mass is 10.3. The van der Waals surface area contributed by atoms with E-state index in [0.717, 1.165) is 5.69 Å². The lowest BCUT2D eigenvalue weighted by molar-refractivity contribution is 0.459. The van der Waals surface area contributed by atoms with Crippen LogP contribution in [0.5, 0.6) is 0 Å². The molecule has 2 aromatic rings. The number of nitrogens with zero attached hydrogens (tertiary/aromatic N) is 3.